The molecule has 0 bridgehead atoms. The summed E-state index contributed by atoms with van der Waals surface area (Å²) in [5.74, 6) is 0.438. The van der Waals surface area contributed by atoms with Gasteiger partial charge in [0.25, 0.3) is 6.01 Å². The Morgan fingerprint density at radius 2 is 1.72 bits per heavy atom. The summed E-state index contributed by atoms with van der Waals surface area (Å²) < 4.78 is 10.9. The highest BCUT2D eigenvalue weighted by Crippen LogP contribution is 2.24. The number of benzene rings is 2. The Morgan fingerprint density at radius 1 is 0.966 bits per heavy atom. The number of hydrogen-bond donors (Lipinski definition) is 1. The van der Waals surface area contributed by atoms with E-state index in [2.05, 4.69) is 15.5 Å². The van der Waals surface area contributed by atoms with E-state index >= 15 is 0 Å². The largest absolute Gasteiger partial charge is 0.431 e. The summed E-state index contributed by atoms with van der Waals surface area (Å²) in [7, 11) is 0. The number of para-hydroxylation sites is 1. The van der Waals surface area contributed by atoms with E-state index in [1.54, 1.807) is 11.2 Å². The second-order valence-corrected chi connectivity index (χ2v) is 6.81. The third-order valence-electron chi connectivity index (χ3n) is 5.00. The van der Waals surface area contributed by atoms with Crippen LogP contribution in [-0.2, 0) is 0 Å². The molecule has 8 heteroatoms. The summed E-state index contributed by atoms with van der Waals surface area (Å²) in [5.41, 5.74) is 2.46. The minimum atomic E-state index is -0.193. The summed E-state index contributed by atoms with van der Waals surface area (Å²) >= 11 is 0. The molecule has 5 rings (SSSR count). The predicted molar refractivity (Wildman–Crippen MR) is 109 cm³/mol. The quantitative estimate of drug-likeness (QED) is 0.573. The van der Waals surface area contributed by atoms with Crippen LogP contribution in [0.5, 0.6) is 0 Å². The van der Waals surface area contributed by atoms with Crippen molar-refractivity contribution in [2.45, 2.75) is 0 Å². The van der Waals surface area contributed by atoms with Crippen molar-refractivity contribution in [1.82, 2.24) is 15.0 Å². The maximum atomic E-state index is 12.6. The zero-order valence-electron chi connectivity index (χ0n) is 15.6. The van der Waals surface area contributed by atoms with Crippen molar-refractivity contribution < 1.29 is 13.7 Å². The molecule has 8 nitrogen and oxygen atoms in total. The number of amides is 2. The number of carbonyl (C=O) groups is 1. The van der Waals surface area contributed by atoms with Crippen molar-refractivity contribution in [2.75, 3.05) is 36.4 Å². The molecule has 29 heavy (non-hydrogen) atoms. The van der Waals surface area contributed by atoms with E-state index in [0.29, 0.717) is 43.6 Å². The van der Waals surface area contributed by atoms with Gasteiger partial charge in [0.2, 0.25) is 0 Å². The molecular weight excluding hydrogens is 370 g/mol. The van der Waals surface area contributed by atoms with Gasteiger partial charge in [-0.1, -0.05) is 47.6 Å². The van der Waals surface area contributed by atoms with E-state index in [4.69, 9.17) is 8.94 Å². The first kappa shape index (κ1) is 17.3. The number of anilines is 2. The third-order valence-corrected chi connectivity index (χ3v) is 5.00. The minimum absolute atomic E-state index is 0.193. The van der Waals surface area contributed by atoms with Crippen LogP contribution in [-0.4, -0.2) is 47.3 Å². The van der Waals surface area contributed by atoms with Gasteiger partial charge in [0.15, 0.2) is 11.4 Å². The van der Waals surface area contributed by atoms with Crippen LogP contribution in [0.3, 0.4) is 0 Å². The SMILES string of the molecule is O=C(Nc1noc2ccccc12)N1CCN(c2nc(-c3ccccc3)co2)CC1. The lowest BCUT2D eigenvalue weighted by Gasteiger charge is -2.33. The molecule has 4 aromatic rings. The van der Waals surface area contributed by atoms with Gasteiger partial charge in [-0.15, -0.1) is 0 Å². The van der Waals surface area contributed by atoms with Gasteiger partial charge in [-0.3, -0.25) is 5.32 Å². The zero-order chi connectivity index (χ0) is 19.6. The molecule has 2 aromatic heterocycles. The molecule has 2 aromatic carbocycles. The number of urea groups is 1. The topological polar surface area (TPSA) is 87.6 Å². The smallest absolute Gasteiger partial charge is 0.323 e. The van der Waals surface area contributed by atoms with Gasteiger partial charge in [0.1, 0.15) is 12.0 Å². The lowest BCUT2D eigenvalue weighted by atomic mass is 10.2. The average Bonchev–Trinajstić information content (AvgIpc) is 3.43. The number of rotatable bonds is 3. The minimum Gasteiger partial charge on any atom is -0.431 e. The van der Waals surface area contributed by atoms with E-state index in [1.807, 2.05) is 59.5 Å². The van der Waals surface area contributed by atoms with Crippen molar-refractivity contribution in [2.24, 2.45) is 0 Å². The van der Waals surface area contributed by atoms with Gasteiger partial charge in [0, 0.05) is 31.7 Å². The zero-order valence-corrected chi connectivity index (χ0v) is 15.6. The normalized spacial score (nSPS) is 14.3. The van der Waals surface area contributed by atoms with Crippen molar-refractivity contribution in [1.29, 1.82) is 0 Å². The Bertz CT molecular complexity index is 1130. The maximum Gasteiger partial charge on any atom is 0.323 e. The molecule has 1 N–H and O–H groups in total. The number of fused-ring (bicyclic) bond motifs is 1. The fraction of sp³-hybridized carbons (Fsp3) is 0.190. The van der Waals surface area contributed by atoms with Crippen molar-refractivity contribution in [3.8, 4) is 11.3 Å². The van der Waals surface area contributed by atoms with Crippen LogP contribution in [0.25, 0.3) is 22.2 Å². The van der Waals surface area contributed by atoms with E-state index in [1.165, 1.54) is 0 Å². The van der Waals surface area contributed by atoms with Crippen molar-refractivity contribution >= 4 is 28.8 Å². The number of nitrogens with zero attached hydrogens (tertiary/aromatic N) is 4. The lowest BCUT2D eigenvalue weighted by molar-refractivity contribution is 0.207. The van der Waals surface area contributed by atoms with Crippen LogP contribution in [0.1, 0.15) is 0 Å². The summed E-state index contributed by atoms with van der Waals surface area (Å²) in [5, 5.41) is 7.58. The highest BCUT2D eigenvalue weighted by molar-refractivity contribution is 5.98. The van der Waals surface area contributed by atoms with Gasteiger partial charge in [0.05, 0.1) is 5.39 Å². The third kappa shape index (κ3) is 3.40. The van der Waals surface area contributed by atoms with Gasteiger partial charge < -0.3 is 18.7 Å². The van der Waals surface area contributed by atoms with Crippen molar-refractivity contribution in [3.05, 3.63) is 60.9 Å². The van der Waals surface area contributed by atoms with Crippen LogP contribution in [0, 0.1) is 0 Å². The number of nitrogens with one attached hydrogen (secondary N) is 1. The van der Waals surface area contributed by atoms with Gasteiger partial charge >= 0.3 is 6.03 Å². The lowest BCUT2D eigenvalue weighted by Crippen LogP contribution is -2.50. The first-order valence-electron chi connectivity index (χ1n) is 9.44. The summed E-state index contributed by atoms with van der Waals surface area (Å²) in [6.07, 6.45) is 1.67. The molecule has 2 amide bonds. The van der Waals surface area contributed by atoms with E-state index in [0.717, 1.165) is 16.6 Å². The first-order valence-corrected chi connectivity index (χ1v) is 9.44. The monoisotopic (exact) mass is 389 g/mol. The molecule has 0 saturated carbocycles. The molecule has 146 valence electrons. The molecule has 3 heterocycles. The number of piperazine rings is 1. The number of aromatic nitrogens is 2. The number of oxazole rings is 1. The Kier molecular flexibility index (Phi) is 4.36. The maximum absolute atomic E-state index is 12.6. The Morgan fingerprint density at radius 3 is 2.55 bits per heavy atom. The fourth-order valence-electron chi connectivity index (χ4n) is 3.41. The van der Waals surface area contributed by atoms with Crippen LogP contribution in [0.15, 0.2) is 69.8 Å². The molecule has 0 aliphatic carbocycles. The molecule has 1 aliphatic rings. The van der Waals surface area contributed by atoms with Crippen LogP contribution in [0.4, 0.5) is 16.6 Å². The average molecular weight is 389 g/mol. The van der Waals surface area contributed by atoms with Crippen LogP contribution >= 0.6 is 0 Å². The molecule has 0 atom stereocenters. The summed E-state index contributed by atoms with van der Waals surface area (Å²) in [6.45, 7) is 2.40. The van der Waals surface area contributed by atoms with Gasteiger partial charge in [-0.05, 0) is 12.1 Å². The highest BCUT2D eigenvalue weighted by Gasteiger charge is 2.25. The Balaban J connectivity index is 1.21. The molecule has 0 spiro atoms. The van der Waals surface area contributed by atoms with Crippen molar-refractivity contribution in [3.63, 3.8) is 0 Å². The highest BCUT2D eigenvalue weighted by atomic mass is 16.5. The van der Waals surface area contributed by atoms with Crippen LogP contribution in [0.2, 0.25) is 0 Å². The number of carbonyl (C=O) groups excluding carboxylic acids is 1. The fourth-order valence-corrected chi connectivity index (χ4v) is 3.41. The molecule has 1 aliphatic heterocycles. The molecule has 1 saturated heterocycles. The van der Waals surface area contributed by atoms with E-state index < -0.39 is 0 Å². The second kappa shape index (κ2) is 7.31. The van der Waals surface area contributed by atoms with Gasteiger partial charge in [-0.2, -0.15) is 4.98 Å². The molecule has 1 fully saturated rings. The van der Waals surface area contributed by atoms with Crippen LogP contribution < -0.4 is 10.2 Å². The van der Waals surface area contributed by atoms with E-state index in [9.17, 15) is 4.79 Å². The number of hydrogen-bond acceptors (Lipinski definition) is 6. The molecule has 0 unspecified atom stereocenters. The molecular formula is C21H19N5O3. The second-order valence-electron chi connectivity index (χ2n) is 6.81. The molecule has 0 radical (unpaired) electrons. The van der Waals surface area contributed by atoms with Gasteiger partial charge in [-0.25, -0.2) is 4.79 Å². The Labute approximate surface area is 166 Å². The predicted octanol–water partition coefficient (Wildman–Crippen LogP) is 3.84. The Hall–Kier alpha value is -3.81. The standard InChI is InChI=1S/C21H19N5O3/c27-20(23-19-16-8-4-5-9-18(16)29-24-19)25-10-12-26(13-11-25)21-22-17(14-28-21)15-6-2-1-3-7-15/h1-9,14H,10-13H2,(H,23,24,27). The first-order chi connectivity index (χ1) is 14.3. The summed E-state index contributed by atoms with van der Waals surface area (Å²) in [6, 6.07) is 17.7. The summed E-state index contributed by atoms with van der Waals surface area (Å²) in [4.78, 5) is 21.0. The van der Waals surface area contributed by atoms with E-state index in [-0.39, 0.29) is 6.03 Å².